The quantitative estimate of drug-likeness (QED) is 0.716. The summed E-state index contributed by atoms with van der Waals surface area (Å²) in [6.45, 7) is 0.171. The number of aliphatic hydroxyl groups excluding tert-OH is 2. The molecule has 0 aliphatic rings. The van der Waals surface area contributed by atoms with E-state index < -0.39 is 23.8 Å². The van der Waals surface area contributed by atoms with Crippen molar-refractivity contribution in [1.82, 2.24) is 0 Å². The lowest BCUT2D eigenvalue weighted by molar-refractivity contribution is 0.0134. The van der Waals surface area contributed by atoms with E-state index in [0.717, 1.165) is 12.1 Å². The standard InChI is InChI=1S/C11H15F2NO3/c1-17-10-5-8(13)7(12)4-6(10)11(16)9(15)2-3-14/h4-5,9,11,15-16H,2-3,14H2,1H3. The lowest BCUT2D eigenvalue weighted by atomic mass is 10.0. The van der Waals surface area contributed by atoms with E-state index in [1.807, 2.05) is 0 Å². The maximum atomic E-state index is 13.1. The van der Waals surface area contributed by atoms with Crippen molar-refractivity contribution in [2.24, 2.45) is 5.73 Å². The van der Waals surface area contributed by atoms with E-state index in [0.29, 0.717) is 0 Å². The summed E-state index contributed by atoms with van der Waals surface area (Å²) >= 11 is 0. The van der Waals surface area contributed by atoms with E-state index in [1.165, 1.54) is 7.11 Å². The van der Waals surface area contributed by atoms with E-state index in [-0.39, 0.29) is 24.3 Å². The first-order valence-corrected chi connectivity index (χ1v) is 5.10. The van der Waals surface area contributed by atoms with Crippen LogP contribution in [0.2, 0.25) is 0 Å². The zero-order valence-electron chi connectivity index (χ0n) is 9.36. The van der Waals surface area contributed by atoms with Gasteiger partial charge in [-0.15, -0.1) is 0 Å². The van der Waals surface area contributed by atoms with E-state index in [9.17, 15) is 19.0 Å². The fourth-order valence-corrected chi connectivity index (χ4v) is 1.49. The lowest BCUT2D eigenvalue weighted by Gasteiger charge is -2.19. The monoisotopic (exact) mass is 247 g/mol. The molecule has 0 amide bonds. The molecule has 0 saturated carbocycles. The van der Waals surface area contributed by atoms with Gasteiger partial charge in [0.15, 0.2) is 11.6 Å². The first-order chi connectivity index (χ1) is 8.01. The molecule has 17 heavy (non-hydrogen) atoms. The van der Waals surface area contributed by atoms with Crippen LogP contribution >= 0.6 is 0 Å². The molecule has 1 rings (SSSR count). The SMILES string of the molecule is COc1cc(F)c(F)cc1C(O)C(O)CCN. The Labute approximate surface area is 97.6 Å². The third-order valence-electron chi connectivity index (χ3n) is 2.42. The number of methoxy groups -OCH3 is 1. The Morgan fingerprint density at radius 1 is 1.29 bits per heavy atom. The fourth-order valence-electron chi connectivity index (χ4n) is 1.49. The van der Waals surface area contributed by atoms with Crippen LogP contribution in [0.3, 0.4) is 0 Å². The van der Waals surface area contributed by atoms with Gasteiger partial charge in [0.25, 0.3) is 0 Å². The van der Waals surface area contributed by atoms with Crippen LogP contribution in [-0.2, 0) is 0 Å². The summed E-state index contributed by atoms with van der Waals surface area (Å²) < 4.78 is 30.8. The number of ether oxygens (including phenoxy) is 1. The molecule has 0 aliphatic carbocycles. The van der Waals surface area contributed by atoms with Crippen molar-refractivity contribution in [2.45, 2.75) is 18.6 Å². The highest BCUT2D eigenvalue weighted by Gasteiger charge is 2.23. The third-order valence-corrected chi connectivity index (χ3v) is 2.42. The summed E-state index contributed by atoms with van der Waals surface area (Å²) in [6, 6.07) is 1.63. The van der Waals surface area contributed by atoms with Gasteiger partial charge < -0.3 is 20.7 Å². The van der Waals surface area contributed by atoms with Gasteiger partial charge in [-0.25, -0.2) is 8.78 Å². The minimum absolute atomic E-state index is 0.00708. The lowest BCUT2D eigenvalue weighted by Crippen LogP contribution is -2.22. The van der Waals surface area contributed by atoms with Gasteiger partial charge in [0.05, 0.1) is 13.2 Å². The second-order valence-electron chi connectivity index (χ2n) is 3.60. The zero-order valence-corrected chi connectivity index (χ0v) is 9.36. The number of hydrogen-bond acceptors (Lipinski definition) is 4. The summed E-state index contributed by atoms with van der Waals surface area (Å²) in [7, 11) is 1.26. The van der Waals surface area contributed by atoms with Crippen molar-refractivity contribution in [3.63, 3.8) is 0 Å². The van der Waals surface area contributed by atoms with Gasteiger partial charge in [0, 0.05) is 11.6 Å². The second-order valence-corrected chi connectivity index (χ2v) is 3.60. The molecule has 4 N–H and O–H groups in total. The predicted molar refractivity (Wildman–Crippen MR) is 57.5 cm³/mol. The Balaban J connectivity index is 3.07. The van der Waals surface area contributed by atoms with Crippen LogP contribution in [0.15, 0.2) is 12.1 Å². The minimum atomic E-state index is -1.37. The number of nitrogens with two attached hydrogens (primary N) is 1. The van der Waals surface area contributed by atoms with Gasteiger partial charge in [-0.2, -0.15) is 0 Å². The maximum absolute atomic E-state index is 13.1. The Hall–Kier alpha value is -1.24. The topological polar surface area (TPSA) is 75.7 Å². The molecule has 0 spiro atoms. The number of hydrogen-bond donors (Lipinski definition) is 3. The van der Waals surface area contributed by atoms with Gasteiger partial charge in [-0.05, 0) is 19.0 Å². The predicted octanol–water partition coefficient (Wildman–Crippen LogP) is 0.716. The van der Waals surface area contributed by atoms with Crippen molar-refractivity contribution in [3.8, 4) is 5.75 Å². The number of halogens is 2. The Morgan fingerprint density at radius 2 is 1.88 bits per heavy atom. The molecule has 0 aliphatic heterocycles. The van der Waals surface area contributed by atoms with E-state index in [1.54, 1.807) is 0 Å². The zero-order chi connectivity index (χ0) is 13.0. The normalized spacial score (nSPS) is 14.5. The smallest absolute Gasteiger partial charge is 0.162 e. The highest BCUT2D eigenvalue weighted by molar-refractivity contribution is 5.37. The van der Waals surface area contributed by atoms with Gasteiger partial charge in [-0.1, -0.05) is 0 Å². The van der Waals surface area contributed by atoms with Crippen molar-refractivity contribution in [3.05, 3.63) is 29.3 Å². The molecule has 0 radical (unpaired) electrons. The molecule has 1 aromatic rings. The Morgan fingerprint density at radius 3 is 2.41 bits per heavy atom. The van der Waals surface area contributed by atoms with Gasteiger partial charge in [-0.3, -0.25) is 0 Å². The van der Waals surface area contributed by atoms with Crippen LogP contribution in [0.1, 0.15) is 18.1 Å². The second kappa shape index (κ2) is 5.90. The molecule has 0 aromatic heterocycles. The molecule has 0 bridgehead atoms. The summed E-state index contributed by atoms with van der Waals surface area (Å²) in [5, 5.41) is 19.3. The summed E-state index contributed by atoms with van der Waals surface area (Å²) in [5.41, 5.74) is 5.23. The van der Waals surface area contributed by atoms with Crippen molar-refractivity contribution in [2.75, 3.05) is 13.7 Å². The van der Waals surface area contributed by atoms with E-state index in [2.05, 4.69) is 0 Å². The van der Waals surface area contributed by atoms with E-state index >= 15 is 0 Å². The molecule has 0 fully saturated rings. The molecule has 2 atom stereocenters. The van der Waals surface area contributed by atoms with Crippen LogP contribution in [0, 0.1) is 11.6 Å². The minimum Gasteiger partial charge on any atom is -0.496 e. The maximum Gasteiger partial charge on any atom is 0.162 e. The van der Waals surface area contributed by atoms with Crippen LogP contribution in [0.5, 0.6) is 5.75 Å². The van der Waals surface area contributed by atoms with Gasteiger partial charge in [0.1, 0.15) is 11.9 Å². The average Bonchev–Trinajstić information content (AvgIpc) is 2.31. The molecular formula is C11H15F2NO3. The molecule has 1 aromatic carbocycles. The average molecular weight is 247 g/mol. The van der Waals surface area contributed by atoms with Crippen LogP contribution < -0.4 is 10.5 Å². The number of rotatable bonds is 5. The first kappa shape index (κ1) is 13.8. The first-order valence-electron chi connectivity index (χ1n) is 5.10. The Bertz CT molecular complexity index is 387. The molecule has 0 heterocycles. The molecule has 6 heteroatoms. The Kier molecular flexibility index (Phi) is 4.80. The summed E-state index contributed by atoms with van der Waals surface area (Å²) in [4.78, 5) is 0. The van der Waals surface area contributed by atoms with Crippen LogP contribution in [0.25, 0.3) is 0 Å². The molecular weight excluding hydrogens is 232 g/mol. The number of benzene rings is 1. The molecule has 4 nitrogen and oxygen atoms in total. The molecule has 2 unspecified atom stereocenters. The molecule has 0 saturated heterocycles. The number of aliphatic hydroxyl groups is 2. The largest absolute Gasteiger partial charge is 0.496 e. The van der Waals surface area contributed by atoms with Crippen molar-refractivity contribution < 1.29 is 23.7 Å². The van der Waals surface area contributed by atoms with Crippen LogP contribution in [0.4, 0.5) is 8.78 Å². The fraction of sp³-hybridized carbons (Fsp3) is 0.455. The van der Waals surface area contributed by atoms with Crippen LogP contribution in [-0.4, -0.2) is 30.0 Å². The summed E-state index contributed by atoms with van der Waals surface area (Å²) in [5.74, 6) is -2.21. The van der Waals surface area contributed by atoms with Crippen molar-refractivity contribution in [1.29, 1.82) is 0 Å². The highest BCUT2D eigenvalue weighted by Crippen LogP contribution is 2.30. The van der Waals surface area contributed by atoms with Gasteiger partial charge in [0.2, 0.25) is 0 Å². The van der Waals surface area contributed by atoms with Gasteiger partial charge >= 0.3 is 0 Å². The summed E-state index contributed by atoms with van der Waals surface area (Å²) in [6.07, 6.45) is -2.38. The third kappa shape index (κ3) is 3.12. The molecule has 96 valence electrons. The van der Waals surface area contributed by atoms with E-state index in [4.69, 9.17) is 10.5 Å². The highest BCUT2D eigenvalue weighted by atomic mass is 19.2. The van der Waals surface area contributed by atoms with Crippen molar-refractivity contribution >= 4 is 0 Å².